The Morgan fingerprint density at radius 1 is 0.947 bits per heavy atom. The van der Waals surface area contributed by atoms with Gasteiger partial charge in [0.2, 0.25) is 11.8 Å². The molecule has 1 aliphatic rings. The number of aromatic nitrogens is 2. The van der Waals surface area contributed by atoms with Crippen LogP contribution >= 0.6 is 0 Å². The molecule has 196 valence electrons. The largest absolute Gasteiger partial charge is 0.370 e. The number of hydrogen-bond donors (Lipinski definition) is 2. The Hall–Kier alpha value is -3.97. The fraction of sp³-hybridized carbons (Fsp3) is 0.323. The molecule has 2 heterocycles. The van der Waals surface area contributed by atoms with Crippen LogP contribution in [0.25, 0.3) is 22.2 Å². The maximum absolute atomic E-state index is 13.2. The van der Waals surface area contributed by atoms with Gasteiger partial charge in [0.1, 0.15) is 5.82 Å². The number of para-hydroxylation sites is 2. The van der Waals surface area contributed by atoms with Crippen molar-refractivity contribution < 1.29 is 9.59 Å². The molecule has 0 spiro atoms. The van der Waals surface area contributed by atoms with Crippen LogP contribution in [0.4, 0.5) is 0 Å². The predicted molar refractivity (Wildman–Crippen MR) is 150 cm³/mol. The molecule has 4 aromatic rings. The van der Waals surface area contributed by atoms with E-state index in [-0.39, 0.29) is 30.2 Å². The van der Waals surface area contributed by atoms with E-state index in [1.54, 1.807) is 0 Å². The number of carbonyl (C=O) groups is 2. The quantitative estimate of drug-likeness (QED) is 0.352. The Labute approximate surface area is 223 Å². The van der Waals surface area contributed by atoms with E-state index in [1.165, 1.54) is 11.1 Å². The van der Waals surface area contributed by atoms with Crippen LogP contribution in [-0.4, -0.2) is 45.4 Å². The number of rotatable bonds is 9. The normalized spacial score (nSPS) is 16.4. The summed E-state index contributed by atoms with van der Waals surface area (Å²) in [7, 11) is 0. The first-order valence-corrected chi connectivity index (χ1v) is 13.4. The van der Waals surface area contributed by atoms with Gasteiger partial charge in [-0.2, -0.15) is 0 Å². The van der Waals surface area contributed by atoms with Crippen molar-refractivity contribution in [2.75, 3.05) is 13.1 Å². The van der Waals surface area contributed by atoms with Crippen LogP contribution in [0.2, 0.25) is 0 Å². The molecule has 38 heavy (non-hydrogen) atoms. The van der Waals surface area contributed by atoms with Crippen molar-refractivity contribution in [3.05, 3.63) is 90.3 Å². The Balaban J connectivity index is 1.22. The highest BCUT2D eigenvalue weighted by Crippen LogP contribution is 2.30. The van der Waals surface area contributed by atoms with Crippen LogP contribution in [0, 0.1) is 0 Å². The minimum absolute atomic E-state index is 0.0860. The van der Waals surface area contributed by atoms with Gasteiger partial charge >= 0.3 is 0 Å². The maximum Gasteiger partial charge on any atom is 0.224 e. The summed E-state index contributed by atoms with van der Waals surface area (Å²) in [5.41, 5.74) is 17.3. The molecule has 1 aliphatic heterocycles. The van der Waals surface area contributed by atoms with Gasteiger partial charge in [0.25, 0.3) is 0 Å². The van der Waals surface area contributed by atoms with Crippen molar-refractivity contribution in [2.24, 2.45) is 11.5 Å². The number of imidazole rings is 1. The average Bonchev–Trinajstić information content (AvgIpc) is 3.31. The molecule has 0 bridgehead atoms. The molecule has 1 fully saturated rings. The molecule has 1 aromatic heterocycles. The molecule has 0 unspecified atom stereocenters. The summed E-state index contributed by atoms with van der Waals surface area (Å²) in [4.78, 5) is 31.6. The van der Waals surface area contributed by atoms with Crippen molar-refractivity contribution in [2.45, 2.75) is 50.6 Å². The molecule has 2 atom stereocenters. The second-order valence-electron chi connectivity index (χ2n) is 10.2. The third-order valence-corrected chi connectivity index (χ3v) is 7.40. The summed E-state index contributed by atoms with van der Waals surface area (Å²) < 4.78 is 2.10. The first kappa shape index (κ1) is 25.7. The van der Waals surface area contributed by atoms with Crippen LogP contribution in [0.5, 0.6) is 0 Å². The van der Waals surface area contributed by atoms with Crippen LogP contribution in [-0.2, 0) is 22.6 Å². The molecule has 0 radical (unpaired) electrons. The van der Waals surface area contributed by atoms with Gasteiger partial charge in [0.05, 0.1) is 11.0 Å². The van der Waals surface area contributed by atoms with E-state index in [0.717, 1.165) is 41.8 Å². The van der Waals surface area contributed by atoms with E-state index in [0.29, 0.717) is 25.9 Å². The zero-order chi connectivity index (χ0) is 26.5. The number of carbonyl (C=O) groups excluding carboxylic acids is 2. The lowest BCUT2D eigenvalue weighted by molar-refractivity contribution is -0.132. The molecule has 7 nitrogen and oxygen atoms in total. The number of hydrogen-bond acceptors (Lipinski definition) is 4. The molecule has 4 N–H and O–H groups in total. The molecule has 0 aliphatic carbocycles. The van der Waals surface area contributed by atoms with E-state index < -0.39 is 0 Å². The topological polar surface area (TPSA) is 107 Å². The lowest BCUT2D eigenvalue weighted by Gasteiger charge is -2.33. The van der Waals surface area contributed by atoms with Gasteiger partial charge in [-0.3, -0.25) is 9.59 Å². The summed E-state index contributed by atoms with van der Waals surface area (Å²) in [6.45, 7) is 1.83. The van der Waals surface area contributed by atoms with Gasteiger partial charge in [0, 0.05) is 44.4 Å². The van der Waals surface area contributed by atoms with E-state index >= 15 is 0 Å². The Kier molecular flexibility index (Phi) is 7.84. The monoisotopic (exact) mass is 509 g/mol. The van der Waals surface area contributed by atoms with Gasteiger partial charge in [-0.25, -0.2) is 4.98 Å². The van der Waals surface area contributed by atoms with Crippen LogP contribution in [0.15, 0.2) is 78.9 Å². The number of piperidine rings is 1. The minimum atomic E-state index is -0.335. The standard InChI is InChI=1S/C31H35N5O2/c32-26(19-22-12-14-24(15-13-22)23-7-2-1-3-8-23)20-30(38)35-17-6-9-25(21-35)31-34-27-10-4-5-11-28(27)36(31)18-16-29(33)37/h1-5,7-8,10-15,25-26H,6,9,16-21,32H2,(H2,33,37)/t25-,26-/m1/s1. The van der Waals surface area contributed by atoms with Crippen molar-refractivity contribution in [3.8, 4) is 11.1 Å². The number of nitrogens with zero attached hydrogens (tertiary/aromatic N) is 3. The zero-order valence-corrected chi connectivity index (χ0v) is 21.6. The molecule has 3 aromatic carbocycles. The lowest BCUT2D eigenvalue weighted by Crippen LogP contribution is -2.42. The number of primary amides is 1. The van der Waals surface area contributed by atoms with Gasteiger partial charge in [-0.05, 0) is 48.1 Å². The van der Waals surface area contributed by atoms with Crippen LogP contribution in [0.3, 0.4) is 0 Å². The molecule has 5 rings (SSSR count). The smallest absolute Gasteiger partial charge is 0.224 e. The summed E-state index contributed by atoms with van der Waals surface area (Å²) in [5.74, 6) is 0.781. The zero-order valence-electron chi connectivity index (χ0n) is 21.6. The summed E-state index contributed by atoms with van der Waals surface area (Å²) in [5, 5.41) is 0. The molecule has 2 amide bonds. The Morgan fingerprint density at radius 2 is 1.66 bits per heavy atom. The average molecular weight is 510 g/mol. The number of benzene rings is 3. The van der Waals surface area contributed by atoms with Crippen molar-refractivity contribution in [1.82, 2.24) is 14.5 Å². The molecule has 0 saturated carbocycles. The van der Waals surface area contributed by atoms with Crippen LogP contribution < -0.4 is 11.5 Å². The molecule has 1 saturated heterocycles. The molecule has 7 heteroatoms. The van der Waals surface area contributed by atoms with Gasteiger partial charge in [-0.1, -0.05) is 66.7 Å². The van der Waals surface area contributed by atoms with Crippen molar-refractivity contribution in [3.63, 3.8) is 0 Å². The molecular weight excluding hydrogens is 474 g/mol. The number of amides is 2. The van der Waals surface area contributed by atoms with Crippen LogP contribution in [0.1, 0.15) is 43.0 Å². The predicted octanol–water partition coefficient (Wildman–Crippen LogP) is 4.24. The second kappa shape index (κ2) is 11.6. The third-order valence-electron chi connectivity index (χ3n) is 7.40. The third kappa shape index (κ3) is 5.94. The number of nitrogens with two attached hydrogens (primary N) is 2. The first-order valence-electron chi connectivity index (χ1n) is 13.4. The van der Waals surface area contributed by atoms with E-state index in [4.69, 9.17) is 16.5 Å². The summed E-state index contributed by atoms with van der Waals surface area (Å²) >= 11 is 0. The first-order chi connectivity index (χ1) is 18.5. The second-order valence-corrected chi connectivity index (χ2v) is 10.2. The van der Waals surface area contributed by atoms with Crippen molar-refractivity contribution >= 4 is 22.8 Å². The highest BCUT2D eigenvalue weighted by atomic mass is 16.2. The summed E-state index contributed by atoms with van der Waals surface area (Å²) in [6.07, 6.45) is 3.07. The van der Waals surface area contributed by atoms with Gasteiger partial charge in [-0.15, -0.1) is 0 Å². The molecular formula is C31H35N5O2. The van der Waals surface area contributed by atoms with Gasteiger partial charge < -0.3 is 20.9 Å². The Morgan fingerprint density at radius 3 is 2.42 bits per heavy atom. The highest BCUT2D eigenvalue weighted by molar-refractivity contribution is 5.78. The van der Waals surface area contributed by atoms with Gasteiger partial charge in [0.15, 0.2) is 0 Å². The highest BCUT2D eigenvalue weighted by Gasteiger charge is 2.29. The maximum atomic E-state index is 13.2. The number of fused-ring (bicyclic) bond motifs is 1. The lowest BCUT2D eigenvalue weighted by atomic mass is 9.95. The fourth-order valence-electron chi connectivity index (χ4n) is 5.47. The van der Waals surface area contributed by atoms with E-state index in [9.17, 15) is 9.59 Å². The fourth-order valence-corrected chi connectivity index (χ4v) is 5.47. The minimum Gasteiger partial charge on any atom is -0.370 e. The number of aryl methyl sites for hydroxylation is 1. The van der Waals surface area contributed by atoms with E-state index in [1.807, 2.05) is 47.4 Å². The Bertz CT molecular complexity index is 1400. The SMILES string of the molecule is NC(=O)CCn1c([C@@H]2CCCN(C(=O)C[C@H](N)Cc3ccc(-c4ccccc4)cc3)C2)nc2ccccc21. The van der Waals surface area contributed by atoms with E-state index in [2.05, 4.69) is 41.0 Å². The summed E-state index contributed by atoms with van der Waals surface area (Å²) in [6, 6.07) is 26.4. The van der Waals surface area contributed by atoms with Crippen molar-refractivity contribution in [1.29, 1.82) is 0 Å². The number of likely N-dealkylation sites (tertiary alicyclic amines) is 1.